The van der Waals surface area contributed by atoms with Crippen molar-refractivity contribution in [2.24, 2.45) is 0 Å². The number of benzene rings is 1. The van der Waals surface area contributed by atoms with E-state index in [1.54, 1.807) is 7.11 Å². The molecule has 0 amide bonds. The van der Waals surface area contributed by atoms with E-state index in [2.05, 4.69) is 23.1 Å². The molecule has 1 heterocycles. The number of ether oxygens (including phenoxy) is 1. The molecule has 0 aromatic heterocycles. The van der Waals surface area contributed by atoms with Crippen LogP contribution in [0.2, 0.25) is 0 Å². The Morgan fingerprint density at radius 3 is 2.95 bits per heavy atom. The summed E-state index contributed by atoms with van der Waals surface area (Å²) in [5.74, 6) is 0.964. The van der Waals surface area contributed by atoms with Crippen LogP contribution in [-0.4, -0.2) is 42.4 Å². The van der Waals surface area contributed by atoms with Gasteiger partial charge in [0, 0.05) is 12.6 Å². The van der Waals surface area contributed by atoms with E-state index >= 15 is 0 Å². The van der Waals surface area contributed by atoms with Crippen LogP contribution in [0.4, 0.5) is 0 Å². The lowest BCUT2D eigenvalue weighted by Gasteiger charge is -2.39. The molecule has 0 radical (unpaired) electrons. The van der Waals surface area contributed by atoms with Crippen LogP contribution in [-0.2, 0) is 12.8 Å². The van der Waals surface area contributed by atoms with E-state index in [9.17, 15) is 5.11 Å². The summed E-state index contributed by atoms with van der Waals surface area (Å²) in [6.45, 7) is 2.00. The summed E-state index contributed by atoms with van der Waals surface area (Å²) in [7, 11) is 1.72. The predicted molar refractivity (Wildman–Crippen MR) is 75.6 cm³/mol. The molecule has 2 aliphatic rings. The van der Waals surface area contributed by atoms with Crippen molar-refractivity contribution in [1.82, 2.24) is 4.90 Å². The SMILES string of the molecule is COc1ccc2c(c1)CCC(N1CCCC(O)C1)C2. The first-order chi connectivity index (χ1) is 9.26. The Labute approximate surface area is 115 Å². The molecule has 1 aromatic carbocycles. The highest BCUT2D eigenvalue weighted by atomic mass is 16.5. The quantitative estimate of drug-likeness (QED) is 0.884. The molecule has 1 aromatic rings. The molecule has 19 heavy (non-hydrogen) atoms. The van der Waals surface area contributed by atoms with Gasteiger partial charge in [0.05, 0.1) is 13.2 Å². The molecule has 1 saturated heterocycles. The zero-order valence-corrected chi connectivity index (χ0v) is 11.6. The van der Waals surface area contributed by atoms with Crippen molar-refractivity contribution in [2.75, 3.05) is 20.2 Å². The molecular weight excluding hydrogens is 238 g/mol. The molecule has 0 saturated carbocycles. The van der Waals surface area contributed by atoms with E-state index in [-0.39, 0.29) is 6.10 Å². The first-order valence-electron chi connectivity index (χ1n) is 7.34. The second kappa shape index (κ2) is 5.51. The third-order valence-corrected chi connectivity index (χ3v) is 4.56. The topological polar surface area (TPSA) is 32.7 Å². The lowest BCUT2D eigenvalue weighted by molar-refractivity contribution is 0.0426. The summed E-state index contributed by atoms with van der Waals surface area (Å²) in [4.78, 5) is 2.49. The van der Waals surface area contributed by atoms with Crippen molar-refractivity contribution in [3.8, 4) is 5.75 Å². The maximum absolute atomic E-state index is 9.82. The fourth-order valence-electron chi connectivity index (χ4n) is 3.47. The lowest BCUT2D eigenvalue weighted by Crippen LogP contribution is -2.46. The average Bonchev–Trinajstić information content (AvgIpc) is 2.46. The third-order valence-electron chi connectivity index (χ3n) is 4.56. The zero-order chi connectivity index (χ0) is 13.2. The minimum Gasteiger partial charge on any atom is -0.497 e. The average molecular weight is 261 g/mol. The molecule has 3 heteroatoms. The minimum atomic E-state index is -0.119. The van der Waals surface area contributed by atoms with Crippen LogP contribution in [0.15, 0.2) is 18.2 Å². The third kappa shape index (κ3) is 2.77. The molecule has 3 nitrogen and oxygen atoms in total. The number of rotatable bonds is 2. The number of β-amino-alcohol motifs (C(OH)–C–C–N with tert-alkyl or cyclic N) is 1. The van der Waals surface area contributed by atoms with Gasteiger partial charge in [0.1, 0.15) is 5.75 Å². The molecule has 1 fully saturated rings. The van der Waals surface area contributed by atoms with Crippen LogP contribution in [0.3, 0.4) is 0 Å². The Morgan fingerprint density at radius 2 is 2.16 bits per heavy atom. The molecule has 0 spiro atoms. The Hall–Kier alpha value is -1.06. The summed E-state index contributed by atoms with van der Waals surface area (Å²) < 4.78 is 5.29. The van der Waals surface area contributed by atoms with Crippen LogP contribution < -0.4 is 4.74 Å². The van der Waals surface area contributed by atoms with Crippen LogP contribution in [0.25, 0.3) is 0 Å². The summed E-state index contributed by atoms with van der Waals surface area (Å²) in [6.07, 6.45) is 5.43. The van der Waals surface area contributed by atoms with Crippen molar-refractivity contribution >= 4 is 0 Å². The van der Waals surface area contributed by atoms with Crippen molar-refractivity contribution < 1.29 is 9.84 Å². The van der Waals surface area contributed by atoms with Crippen LogP contribution in [0, 0.1) is 0 Å². The van der Waals surface area contributed by atoms with E-state index in [1.807, 2.05) is 0 Å². The Bertz CT molecular complexity index is 446. The van der Waals surface area contributed by atoms with Gasteiger partial charge in [-0.3, -0.25) is 4.90 Å². The van der Waals surface area contributed by atoms with Gasteiger partial charge < -0.3 is 9.84 Å². The van der Waals surface area contributed by atoms with Crippen molar-refractivity contribution in [3.63, 3.8) is 0 Å². The first kappa shape index (κ1) is 12.9. The lowest BCUT2D eigenvalue weighted by atomic mass is 9.86. The molecular formula is C16H23NO2. The summed E-state index contributed by atoms with van der Waals surface area (Å²) >= 11 is 0. The minimum absolute atomic E-state index is 0.119. The highest BCUT2D eigenvalue weighted by Crippen LogP contribution is 2.29. The van der Waals surface area contributed by atoms with Gasteiger partial charge in [-0.1, -0.05) is 6.07 Å². The largest absolute Gasteiger partial charge is 0.497 e. The molecule has 1 aliphatic heterocycles. The van der Waals surface area contributed by atoms with E-state index in [1.165, 1.54) is 17.5 Å². The molecule has 2 unspecified atom stereocenters. The maximum Gasteiger partial charge on any atom is 0.119 e. The Kier molecular flexibility index (Phi) is 3.76. The molecule has 0 bridgehead atoms. The van der Waals surface area contributed by atoms with Gasteiger partial charge >= 0.3 is 0 Å². The number of aryl methyl sites for hydroxylation is 1. The van der Waals surface area contributed by atoms with Crippen LogP contribution in [0.5, 0.6) is 5.75 Å². The molecule has 1 N–H and O–H groups in total. The molecule has 1 aliphatic carbocycles. The van der Waals surface area contributed by atoms with Crippen molar-refractivity contribution in [1.29, 1.82) is 0 Å². The van der Waals surface area contributed by atoms with Gasteiger partial charge in [0.25, 0.3) is 0 Å². The van der Waals surface area contributed by atoms with E-state index in [0.717, 1.165) is 44.5 Å². The number of aliphatic hydroxyl groups is 1. The molecule has 3 rings (SSSR count). The number of aliphatic hydroxyl groups excluding tert-OH is 1. The fraction of sp³-hybridized carbons (Fsp3) is 0.625. The number of nitrogens with zero attached hydrogens (tertiary/aromatic N) is 1. The van der Waals surface area contributed by atoms with Gasteiger partial charge in [-0.25, -0.2) is 0 Å². The fourth-order valence-corrected chi connectivity index (χ4v) is 3.47. The van der Waals surface area contributed by atoms with Crippen molar-refractivity contribution in [2.45, 2.75) is 44.2 Å². The number of likely N-dealkylation sites (tertiary alicyclic amines) is 1. The second-order valence-corrected chi connectivity index (χ2v) is 5.82. The number of fused-ring (bicyclic) bond motifs is 1. The van der Waals surface area contributed by atoms with Gasteiger partial charge in [0.15, 0.2) is 0 Å². The highest BCUT2D eigenvalue weighted by Gasteiger charge is 2.28. The van der Waals surface area contributed by atoms with Gasteiger partial charge in [-0.15, -0.1) is 0 Å². The molecule has 104 valence electrons. The standard InChI is InChI=1S/C16H23NO2/c1-19-16-7-5-12-9-14(6-4-13(12)10-16)17-8-2-3-15(18)11-17/h5,7,10,14-15,18H,2-4,6,8-9,11H2,1H3. The number of hydrogen-bond donors (Lipinski definition) is 1. The number of methoxy groups -OCH3 is 1. The Balaban J connectivity index is 1.71. The maximum atomic E-state index is 9.82. The van der Waals surface area contributed by atoms with E-state index < -0.39 is 0 Å². The summed E-state index contributed by atoms with van der Waals surface area (Å²) in [5.41, 5.74) is 2.89. The van der Waals surface area contributed by atoms with Gasteiger partial charge in [0.2, 0.25) is 0 Å². The highest BCUT2D eigenvalue weighted by molar-refractivity contribution is 5.37. The first-order valence-corrected chi connectivity index (χ1v) is 7.34. The monoisotopic (exact) mass is 261 g/mol. The van der Waals surface area contributed by atoms with Gasteiger partial charge in [-0.05, 0) is 61.9 Å². The smallest absolute Gasteiger partial charge is 0.119 e. The predicted octanol–water partition coefficient (Wildman–Crippen LogP) is 2.01. The van der Waals surface area contributed by atoms with Crippen molar-refractivity contribution in [3.05, 3.63) is 29.3 Å². The van der Waals surface area contributed by atoms with Crippen LogP contribution in [0.1, 0.15) is 30.4 Å². The summed E-state index contributed by atoms with van der Waals surface area (Å²) in [6, 6.07) is 7.06. The van der Waals surface area contributed by atoms with Gasteiger partial charge in [-0.2, -0.15) is 0 Å². The van der Waals surface area contributed by atoms with Crippen LogP contribution >= 0.6 is 0 Å². The van der Waals surface area contributed by atoms with E-state index in [4.69, 9.17) is 4.74 Å². The number of hydrogen-bond acceptors (Lipinski definition) is 3. The molecule has 2 atom stereocenters. The normalized spacial score (nSPS) is 27.9. The number of piperidine rings is 1. The Morgan fingerprint density at radius 1 is 1.26 bits per heavy atom. The second-order valence-electron chi connectivity index (χ2n) is 5.82. The zero-order valence-electron chi connectivity index (χ0n) is 11.6. The summed E-state index contributed by atoms with van der Waals surface area (Å²) in [5, 5.41) is 9.82. The van der Waals surface area contributed by atoms with E-state index in [0.29, 0.717) is 6.04 Å².